The smallest absolute Gasteiger partial charge is 0.210 e. The summed E-state index contributed by atoms with van der Waals surface area (Å²) in [6, 6.07) is 13.8. The lowest BCUT2D eigenvalue weighted by Gasteiger charge is -2.06. The Morgan fingerprint density at radius 2 is 1.96 bits per heavy atom. The third-order valence-electron chi connectivity index (χ3n) is 3.17. The summed E-state index contributed by atoms with van der Waals surface area (Å²) >= 11 is 4.94. The third kappa shape index (κ3) is 4.27. The number of benzene rings is 2. The molecule has 124 valence electrons. The molecule has 24 heavy (non-hydrogen) atoms. The van der Waals surface area contributed by atoms with E-state index in [9.17, 15) is 4.39 Å². The molecule has 1 heterocycles. The van der Waals surface area contributed by atoms with Crippen LogP contribution >= 0.6 is 27.7 Å². The van der Waals surface area contributed by atoms with E-state index in [0.717, 1.165) is 15.8 Å². The molecule has 0 spiro atoms. The quantitative estimate of drug-likeness (QED) is 0.496. The Bertz CT molecular complexity index is 825. The van der Waals surface area contributed by atoms with Gasteiger partial charge in [-0.15, -0.1) is 10.2 Å². The Morgan fingerprint density at radius 3 is 2.71 bits per heavy atom. The first-order valence-corrected chi connectivity index (χ1v) is 8.84. The molecule has 0 radical (unpaired) electrons. The molecule has 0 saturated carbocycles. The second-order valence-corrected chi connectivity index (χ2v) is 6.79. The average molecular weight is 409 g/mol. The minimum atomic E-state index is -0.310. The lowest BCUT2D eigenvalue weighted by atomic mass is 10.2. The van der Waals surface area contributed by atoms with Gasteiger partial charge in [0.2, 0.25) is 5.16 Å². The van der Waals surface area contributed by atoms with Crippen LogP contribution < -0.4 is 10.6 Å². The van der Waals surface area contributed by atoms with Crippen molar-refractivity contribution in [1.29, 1.82) is 0 Å². The van der Waals surface area contributed by atoms with E-state index in [4.69, 9.17) is 10.6 Å². The van der Waals surface area contributed by atoms with Crippen molar-refractivity contribution in [1.82, 2.24) is 14.9 Å². The van der Waals surface area contributed by atoms with E-state index >= 15 is 0 Å². The molecular formula is C16H14BrFN4OS. The van der Waals surface area contributed by atoms with Crippen LogP contribution in [0.15, 0.2) is 58.2 Å². The summed E-state index contributed by atoms with van der Waals surface area (Å²) in [4.78, 5) is 0. The van der Waals surface area contributed by atoms with E-state index in [1.165, 1.54) is 28.6 Å². The zero-order valence-corrected chi connectivity index (χ0v) is 14.9. The molecule has 3 aromatic rings. The van der Waals surface area contributed by atoms with Gasteiger partial charge < -0.3 is 10.6 Å². The number of nitrogen functional groups attached to an aromatic ring is 1. The molecule has 8 heteroatoms. The molecule has 3 rings (SSSR count). The molecule has 0 saturated heterocycles. The van der Waals surface area contributed by atoms with Gasteiger partial charge in [0.25, 0.3) is 0 Å². The Hall–Kier alpha value is -2.06. The minimum absolute atomic E-state index is 0.159. The number of aromatic nitrogens is 3. The minimum Gasteiger partial charge on any atom is -0.486 e. The Balaban J connectivity index is 1.60. The third-order valence-corrected chi connectivity index (χ3v) is 4.68. The molecule has 0 atom stereocenters. The number of nitrogens with two attached hydrogens (primary N) is 1. The fraction of sp³-hybridized carbons (Fsp3) is 0.125. The van der Waals surface area contributed by atoms with Gasteiger partial charge in [-0.1, -0.05) is 39.8 Å². The molecule has 2 N–H and O–H groups in total. The SMILES string of the molecule is Nn1c(COc2ccc(F)cc2)nnc1SCc1cccc(Br)c1. The van der Waals surface area contributed by atoms with Crippen molar-refractivity contribution in [2.75, 3.05) is 5.84 Å². The van der Waals surface area contributed by atoms with Crippen LogP contribution in [0.5, 0.6) is 5.75 Å². The van der Waals surface area contributed by atoms with Crippen LogP contribution in [0.4, 0.5) is 4.39 Å². The molecule has 0 aliphatic carbocycles. The van der Waals surface area contributed by atoms with E-state index in [0.29, 0.717) is 16.7 Å². The van der Waals surface area contributed by atoms with Crippen molar-refractivity contribution in [3.63, 3.8) is 0 Å². The first kappa shape index (κ1) is 16.8. The van der Waals surface area contributed by atoms with E-state index in [2.05, 4.69) is 26.1 Å². The normalized spacial score (nSPS) is 10.8. The van der Waals surface area contributed by atoms with Gasteiger partial charge >= 0.3 is 0 Å². The molecule has 0 amide bonds. The zero-order chi connectivity index (χ0) is 16.9. The summed E-state index contributed by atoms with van der Waals surface area (Å²) in [7, 11) is 0. The summed E-state index contributed by atoms with van der Waals surface area (Å²) < 4.78 is 20.8. The van der Waals surface area contributed by atoms with Gasteiger partial charge in [-0.2, -0.15) is 0 Å². The van der Waals surface area contributed by atoms with Gasteiger partial charge in [0.1, 0.15) is 18.2 Å². The average Bonchev–Trinajstić information content (AvgIpc) is 2.93. The topological polar surface area (TPSA) is 66.0 Å². The van der Waals surface area contributed by atoms with E-state index < -0.39 is 0 Å². The molecule has 2 aromatic carbocycles. The number of nitrogens with zero attached hydrogens (tertiary/aromatic N) is 3. The van der Waals surface area contributed by atoms with Gasteiger partial charge in [-0.3, -0.25) is 0 Å². The zero-order valence-electron chi connectivity index (χ0n) is 12.5. The summed E-state index contributed by atoms with van der Waals surface area (Å²) in [5.41, 5.74) is 1.15. The maximum atomic E-state index is 12.9. The predicted molar refractivity (Wildman–Crippen MR) is 94.6 cm³/mol. The summed E-state index contributed by atoms with van der Waals surface area (Å²) in [6.07, 6.45) is 0. The molecule has 0 unspecified atom stereocenters. The number of rotatable bonds is 6. The van der Waals surface area contributed by atoms with Crippen molar-refractivity contribution < 1.29 is 9.13 Å². The monoisotopic (exact) mass is 408 g/mol. The van der Waals surface area contributed by atoms with E-state index in [-0.39, 0.29) is 12.4 Å². The van der Waals surface area contributed by atoms with Crippen LogP contribution in [-0.2, 0) is 12.4 Å². The number of hydrogen-bond acceptors (Lipinski definition) is 5. The molecule has 5 nitrogen and oxygen atoms in total. The van der Waals surface area contributed by atoms with Crippen molar-refractivity contribution in [3.05, 3.63) is 70.2 Å². The van der Waals surface area contributed by atoms with Crippen LogP contribution in [0.2, 0.25) is 0 Å². The van der Waals surface area contributed by atoms with Crippen LogP contribution in [0.1, 0.15) is 11.4 Å². The van der Waals surface area contributed by atoms with Gasteiger partial charge in [0.15, 0.2) is 5.82 Å². The van der Waals surface area contributed by atoms with Crippen molar-refractivity contribution in [3.8, 4) is 5.75 Å². The maximum absolute atomic E-state index is 12.9. The molecule has 0 aliphatic rings. The van der Waals surface area contributed by atoms with Crippen LogP contribution in [0.25, 0.3) is 0 Å². The van der Waals surface area contributed by atoms with Crippen molar-refractivity contribution in [2.24, 2.45) is 0 Å². The van der Waals surface area contributed by atoms with Crippen LogP contribution in [0.3, 0.4) is 0 Å². The summed E-state index contributed by atoms with van der Waals surface area (Å²) in [5.74, 6) is 7.47. The summed E-state index contributed by atoms with van der Waals surface area (Å²) in [5, 5.41) is 8.72. The molecule has 1 aromatic heterocycles. The first-order chi connectivity index (χ1) is 11.6. The lowest BCUT2D eigenvalue weighted by Crippen LogP contribution is -2.15. The highest BCUT2D eigenvalue weighted by atomic mass is 79.9. The van der Waals surface area contributed by atoms with Crippen LogP contribution in [0, 0.1) is 5.82 Å². The number of thioether (sulfide) groups is 1. The highest BCUT2D eigenvalue weighted by Crippen LogP contribution is 2.22. The Kier molecular flexibility index (Phi) is 5.37. The second kappa shape index (κ2) is 7.67. The molecule has 0 bridgehead atoms. The highest BCUT2D eigenvalue weighted by molar-refractivity contribution is 9.10. The maximum Gasteiger partial charge on any atom is 0.210 e. The number of halogens is 2. The second-order valence-electron chi connectivity index (χ2n) is 4.93. The van der Waals surface area contributed by atoms with Crippen molar-refractivity contribution >= 4 is 27.7 Å². The molecular weight excluding hydrogens is 395 g/mol. The molecule has 0 aliphatic heterocycles. The van der Waals surface area contributed by atoms with Gasteiger partial charge in [0, 0.05) is 10.2 Å². The van der Waals surface area contributed by atoms with E-state index in [1.807, 2.05) is 24.3 Å². The number of hydrogen-bond donors (Lipinski definition) is 1. The van der Waals surface area contributed by atoms with Gasteiger partial charge in [-0.05, 0) is 42.0 Å². The summed E-state index contributed by atoms with van der Waals surface area (Å²) in [6.45, 7) is 0.159. The van der Waals surface area contributed by atoms with Crippen LogP contribution in [-0.4, -0.2) is 14.9 Å². The van der Waals surface area contributed by atoms with Gasteiger partial charge in [-0.25, -0.2) is 9.07 Å². The fourth-order valence-electron chi connectivity index (χ4n) is 1.96. The first-order valence-electron chi connectivity index (χ1n) is 7.07. The predicted octanol–water partition coefficient (Wildman–Crippen LogP) is 3.76. The van der Waals surface area contributed by atoms with Gasteiger partial charge in [0.05, 0.1) is 0 Å². The highest BCUT2D eigenvalue weighted by Gasteiger charge is 2.11. The Morgan fingerprint density at radius 1 is 1.17 bits per heavy atom. The fourth-order valence-corrected chi connectivity index (χ4v) is 3.22. The standard InChI is InChI=1S/C16H14BrFN4OS/c17-12-3-1-2-11(8-12)10-24-16-21-20-15(22(16)19)9-23-14-6-4-13(18)5-7-14/h1-8H,9-10,19H2. The Labute approximate surface area is 151 Å². The molecule has 0 fully saturated rings. The lowest BCUT2D eigenvalue weighted by molar-refractivity contribution is 0.291. The number of ether oxygens (including phenoxy) is 1. The largest absolute Gasteiger partial charge is 0.486 e. The van der Waals surface area contributed by atoms with Crippen molar-refractivity contribution in [2.45, 2.75) is 17.5 Å². The van der Waals surface area contributed by atoms with E-state index in [1.54, 1.807) is 12.1 Å².